The third-order valence-electron chi connectivity index (χ3n) is 3.25. The van der Waals surface area contributed by atoms with Crippen LogP contribution in [0.25, 0.3) is 0 Å². The molecule has 0 aromatic carbocycles. The van der Waals surface area contributed by atoms with Gasteiger partial charge in [-0.2, -0.15) is 0 Å². The standard InChI is InChI=1S/C8H14FNO/c9-5-7-1-3-8(6-11,10-7)4-2-7/h10-11H,1-6H2. The van der Waals surface area contributed by atoms with Gasteiger partial charge in [0.2, 0.25) is 0 Å². The Balaban J connectivity index is 2.15. The molecule has 3 heteroatoms. The summed E-state index contributed by atoms with van der Waals surface area (Å²) in [5.41, 5.74) is -0.380. The molecule has 0 radical (unpaired) electrons. The Morgan fingerprint density at radius 2 is 1.73 bits per heavy atom. The average Bonchev–Trinajstić information content (AvgIpc) is 2.61. The lowest BCUT2D eigenvalue weighted by Gasteiger charge is -2.22. The van der Waals surface area contributed by atoms with Crippen molar-refractivity contribution in [2.75, 3.05) is 13.3 Å². The second-order valence-electron chi connectivity index (χ2n) is 3.98. The van der Waals surface area contributed by atoms with Crippen molar-refractivity contribution in [2.24, 2.45) is 0 Å². The molecule has 2 bridgehead atoms. The van der Waals surface area contributed by atoms with E-state index in [0.717, 1.165) is 25.7 Å². The second kappa shape index (κ2) is 2.17. The fourth-order valence-corrected chi connectivity index (χ4v) is 2.38. The summed E-state index contributed by atoms with van der Waals surface area (Å²) in [4.78, 5) is 0. The lowest BCUT2D eigenvalue weighted by atomic mass is 9.83. The smallest absolute Gasteiger partial charge is 0.108 e. The molecule has 0 amide bonds. The van der Waals surface area contributed by atoms with Crippen LogP contribution in [-0.4, -0.2) is 29.5 Å². The van der Waals surface area contributed by atoms with Crippen molar-refractivity contribution >= 4 is 0 Å². The predicted octanol–water partition coefficient (Wildman–Crippen LogP) is 0.603. The lowest BCUT2D eigenvalue weighted by Crippen LogP contribution is -2.45. The summed E-state index contributed by atoms with van der Waals surface area (Å²) in [7, 11) is 0. The molecular weight excluding hydrogens is 145 g/mol. The highest BCUT2D eigenvalue weighted by atomic mass is 19.1. The summed E-state index contributed by atoms with van der Waals surface area (Å²) in [6, 6.07) is 0. The molecule has 0 spiro atoms. The van der Waals surface area contributed by atoms with Crippen molar-refractivity contribution in [3.8, 4) is 0 Å². The third-order valence-corrected chi connectivity index (χ3v) is 3.25. The molecule has 2 N–H and O–H groups in total. The van der Waals surface area contributed by atoms with Gasteiger partial charge < -0.3 is 10.4 Å². The van der Waals surface area contributed by atoms with E-state index >= 15 is 0 Å². The number of nitrogens with one attached hydrogen (secondary N) is 1. The Bertz CT molecular complexity index is 145. The summed E-state index contributed by atoms with van der Waals surface area (Å²) < 4.78 is 12.5. The van der Waals surface area contributed by atoms with E-state index in [9.17, 15) is 4.39 Å². The van der Waals surface area contributed by atoms with Crippen LogP contribution in [0.2, 0.25) is 0 Å². The number of hydrogen-bond donors (Lipinski definition) is 2. The molecule has 11 heavy (non-hydrogen) atoms. The van der Waals surface area contributed by atoms with Crippen molar-refractivity contribution in [3.05, 3.63) is 0 Å². The van der Waals surface area contributed by atoms with E-state index in [4.69, 9.17) is 5.11 Å². The van der Waals surface area contributed by atoms with Gasteiger partial charge in [-0.25, -0.2) is 4.39 Å². The van der Waals surface area contributed by atoms with Gasteiger partial charge in [0.25, 0.3) is 0 Å². The van der Waals surface area contributed by atoms with Crippen LogP contribution < -0.4 is 5.32 Å². The molecule has 2 nitrogen and oxygen atoms in total. The van der Waals surface area contributed by atoms with Gasteiger partial charge >= 0.3 is 0 Å². The monoisotopic (exact) mass is 159 g/mol. The van der Waals surface area contributed by atoms with Gasteiger partial charge in [-0.05, 0) is 25.7 Å². The van der Waals surface area contributed by atoms with E-state index in [-0.39, 0.29) is 24.4 Å². The first-order valence-electron chi connectivity index (χ1n) is 4.20. The van der Waals surface area contributed by atoms with Gasteiger partial charge in [0, 0.05) is 11.1 Å². The van der Waals surface area contributed by atoms with Crippen molar-refractivity contribution in [3.63, 3.8) is 0 Å². The highest BCUT2D eigenvalue weighted by Gasteiger charge is 2.53. The molecule has 2 heterocycles. The van der Waals surface area contributed by atoms with Crippen molar-refractivity contribution in [2.45, 2.75) is 36.8 Å². The molecule has 2 aliphatic heterocycles. The number of alkyl halides is 1. The Morgan fingerprint density at radius 1 is 1.18 bits per heavy atom. The maximum atomic E-state index is 12.5. The predicted molar refractivity (Wildman–Crippen MR) is 40.1 cm³/mol. The molecule has 0 saturated carbocycles. The minimum Gasteiger partial charge on any atom is -0.394 e. The topological polar surface area (TPSA) is 32.3 Å². The lowest BCUT2D eigenvalue weighted by molar-refractivity contribution is 0.182. The summed E-state index contributed by atoms with van der Waals surface area (Å²) in [6.07, 6.45) is 3.66. The third kappa shape index (κ3) is 0.908. The molecule has 2 fully saturated rings. The van der Waals surface area contributed by atoms with E-state index in [0.29, 0.717) is 0 Å². The van der Waals surface area contributed by atoms with Gasteiger partial charge in [-0.15, -0.1) is 0 Å². The molecule has 0 aromatic heterocycles. The van der Waals surface area contributed by atoms with E-state index < -0.39 is 0 Å². The van der Waals surface area contributed by atoms with E-state index in [2.05, 4.69) is 5.32 Å². The zero-order valence-electron chi connectivity index (χ0n) is 6.57. The van der Waals surface area contributed by atoms with Gasteiger partial charge in [0.05, 0.1) is 6.61 Å². The first kappa shape index (κ1) is 7.50. The first-order valence-corrected chi connectivity index (χ1v) is 4.20. The molecule has 64 valence electrons. The second-order valence-corrected chi connectivity index (χ2v) is 3.98. The van der Waals surface area contributed by atoms with Crippen LogP contribution in [0.5, 0.6) is 0 Å². The molecule has 0 aromatic rings. The maximum absolute atomic E-state index is 12.5. The van der Waals surface area contributed by atoms with Crippen LogP contribution in [0.3, 0.4) is 0 Å². The highest BCUT2D eigenvalue weighted by molar-refractivity contribution is 5.12. The number of aliphatic hydroxyl groups excluding tert-OH is 1. The minimum absolute atomic E-state index is 0.119. The number of hydrogen-bond acceptors (Lipinski definition) is 2. The Morgan fingerprint density at radius 3 is 2.00 bits per heavy atom. The Labute approximate surface area is 65.8 Å². The number of rotatable bonds is 2. The summed E-state index contributed by atoms with van der Waals surface area (Å²) >= 11 is 0. The quantitative estimate of drug-likeness (QED) is 0.618. The molecule has 2 saturated heterocycles. The van der Waals surface area contributed by atoms with Crippen LogP contribution in [0.1, 0.15) is 25.7 Å². The number of fused-ring (bicyclic) bond motifs is 2. The van der Waals surface area contributed by atoms with Crippen LogP contribution in [-0.2, 0) is 0 Å². The zero-order chi connectivity index (χ0) is 7.95. The minimum atomic E-state index is -0.283. The van der Waals surface area contributed by atoms with E-state index in [1.54, 1.807) is 0 Å². The SMILES string of the molecule is OCC12CCC(CF)(CC1)N2. The van der Waals surface area contributed by atoms with Gasteiger partial charge in [0.15, 0.2) is 0 Å². The van der Waals surface area contributed by atoms with Crippen molar-refractivity contribution < 1.29 is 9.50 Å². The first-order chi connectivity index (χ1) is 5.24. The van der Waals surface area contributed by atoms with Crippen LogP contribution in [0.4, 0.5) is 4.39 Å². The number of aliphatic hydroxyl groups is 1. The fourth-order valence-electron chi connectivity index (χ4n) is 2.38. The van der Waals surface area contributed by atoms with E-state index in [1.165, 1.54) is 0 Å². The van der Waals surface area contributed by atoms with E-state index in [1.807, 2.05) is 0 Å². The van der Waals surface area contributed by atoms with Crippen LogP contribution in [0, 0.1) is 0 Å². The summed E-state index contributed by atoms with van der Waals surface area (Å²) in [5.74, 6) is 0. The van der Waals surface area contributed by atoms with Gasteiger partial charge in [-0.3, -0.25) is 0 Å². The average molecular weight is 159 g/mol. The summed E-state index contributed by atoms with van der Waals surface area (Å²) in [5, 5.41) is 12.3. The molecular formula is C8H14FNO. The Kier molecular flexibility index (Phi) is 1.48. The van der Waals surface area contributed by atoms with Gasteiger partial charge in [0.1, 0.15) is 6.67 Å². The molecule has 0 atom stereocenters. The largest absolute Gasteiger partial charge is 0.394 e. The highest BCUT2D eigenvalue weighted by Crippen LogP contribution is 2.44. The normalized spacial score (nSPS) is 48.5. The molecule has 2 aliphatic rings. The Hall–Kier alpha value is -0.150. The zero-order valence-corrected chi connectivity index (χ0v) is 6.57. The van der Waals surface area contributed by atoms with Crippen LogP contribution in [0.15, 0.2) is 0 Å². The molecule has 0 unspecified atom stereocenters. The molecule has 2 rings (SSSR count). The van der Waals surface area contributed by atoms with Gasteiger partial charge in [-0.1, -0.05) is 0 Å². The van der Waals surface area contributed by atoms with Crippen LogP contribution >= 0.6 is 0 Å². The molecule has 0 aliphatic carbocycles. The summed E-state index contributed by atoms with van der Waals surface area (Å²) in [6.45, 7) is -0.122. The number of halogens is 1. The maximum Gasteiger partial charge on any atom is 0.108 e. The van der Waals surface area contributed by atoms with Crippen molar-refractivity contribution in [1.82, 2.24) is 5.32 Å². The van der Waals surface area contributed by atoms with Crippen molar-refractivity contribution in [1.29, 1.82) is 0 Å². The fraction of sp³-hybridized carbons (Fsp3) is 1.00.